The van der Waals surface area contributed by atoms with Gasteiger partial charge in [-0.05, 0) is 30.7 Å². The molecule has 0 amide bonds. The van der Waals surface area contributed by atoms with E-state index in [1.165, 1.54) is 12.1 Å². The van der Waals surface area contributed by atoms with Crippen molar-refractivity contribution in [2.75, 3.05) is 18.5 Å². The summed E-state index contributed by atoms with van der Waals surface area (Å²) in [6.45, 7) is 0.699. The minimum atomic E-state index is -0.674. The van der Waals surface area contributed by atoms with E-state index >= 15 is 0 Å². The zero-order valence-electron chi connectivity index (χ0n) is 10.8. The lowest BCUT2D eigenvalue weighted by molar-refractivity contribution is 0.165. The smallest absolute Gasteiger partial charge is 0.141 e. The quantitative estimate of drug-likeness (QED) is 0.898. The van der Waals surface area contributed by atoms with Gasteiger partial charge in [0.05, 0.1) is 18.0 Å². The van der Waals surface area contributed by atoms with Crippen LogP contribution in [0, 0.1) is 5.82 Å². The summed E-state index contributed by atoms with van der Waals surface area (Å²) < 4.78 is 12.7. The summed E-state index contributed by atoms with van der Waals surface area (Å²) in [5, 5.41) is 10.00. The summed E-state index contributed by atoms with van der Waals surface area (Å²) in [6, 6.07) is 12.8. The zero-order valence-corrected chi connectivity index (χ0v) is 10.8. The fraction of sp³-hybridized carbons (Fsp3) is 0.267. The van der Waals surface area contributed by atoms with E-state index in [2.05, 4.69) is 9.88 Å². The van der Waals surface area contributed by atoms with Gasteiger partial charge in [-0.3, -0.25) is 4.98 Å². The second-order valence-corrected chi connectivity index (χ2v) is 4.46. The third-order valence-electron chi connectivity index (χ3n) is 3.03. The Morgan fingerprint density at radius 1 is 1.21 bits per heavy atom. The Hall–Kier alpha value is -1.94. The van der Waals surface area contributed by atoms with Gasteiger partial charge in [-0.25, -0.2) is 4.39 Å². The average molecular weight is 260 g/mol. The molecule has 0 spiro atoms. The van der Waals surface area contributed by atoms with Gasteiger partial charge in [0.15, 0.2) is 0 Å². The van der Waals surface area contributed by atoms with Gasteiger partial charge in [-0.2, -0.15) is 0 Å². The van der Waals surface area contributed by atoms with Crippen molar-refractivity contribution in [2.24, 2.45) is 0 Å². The molecule has 0 radical (unpaired) electrons. The van der Waals surface area contributed by atoms with Crippen molar-refractivity contribution in [2.45, 2.75) is 12.5 Å². The van der Waals surface area contributed by atoms with E-state index in [0.29, 0.717) is 18.7 Å². The molecule has 1 aromatic carbocycles. The van der Waals surface area contributed by atoms with Crippen LogP contribution in [0.2, 0.25) is 0 Å². The van der Waals surface area contributed by atoms with E-state index in [9.17, 15) is 9.50 Å². The van der Waals surface area contributed by atoms with Crippen LogP contribution in [0.3, 0.4) is 0 Å². The van der Waals surface area contributed by atoms with Crippen molar-refractivity contribution in [1.82, 2.24) is 4.98 Å². The minimum absolute atomic E-state index is 0.391. The molecular formula is C15H17FN2O. The lowest BCUT2D eigenvalue weighted by Gasteiger charge is -2.20. The summed E-state index contributed by atoms with van der Waals surface area (Å²) in [5.74, 6) is -0.391. The van der Waals surface area contributed by atoms with Crippen LogP contribution in [0.4, 0.5) is 10.1 Å². The number of aliphatic hydroxyl groups excluding tert-OH is 1. The Morgan fingerprint density at radius 2 is 1.95 bits per heavy atom. The second-order valence-electron chi connectivity index (χ2n) is 4.46. The van der Waals surface area contributed by atoms with Gasteiger partial charge in [0.2, 0.25) is 0 Å². The van der Waals surface area contributed by atoms with Crippen molar-refractivity contribution in [1.29, 1.82) is 0 Å². The Bertz CT molecular complexity index is 501. The van der Waals surface area contributed by atoms with Gasteiger partial charge < -0.3 is 10.0 Å². The third kappa shape index (κ3) is 3.76. The topological polar surface area (TPSA) is 36.4 Å². The second kappa shape index (κ2) is 6.29. The summed E-state index contributed by atoms with van der Waals surface area (Å²) in [6.07, 6.45) is 0.996. The highest BCUT2D eigenvalue weighted by molar-refractivity contribution is 5.44. The number of para-hydroxylation sites is 1. The number of hydrogen-bond acceptors (Lipinski definition) is 3. The first-order valence-electron chi connectivity index (χ1n) is 6.22. The standard InChI is InChI=1S/C15H17FN2O/c1-18(13-5-3-2-4-6-13)10-9-15(19)14-8-7-12(16)11-17-14/h2-8,11,15,19H,9-10H2,1H3. The molecule has 0 aliphatic carbocycles. The number of anilines is 1. The fourth-order valence-corrected chi connectivity index (χ4v) is 1.86. The van der Waals surface area contributed by atoms with Crippen LogP contribution < -0.4 is 4.90 Å². The van der Waals surface area contributed by atoms with Crippen LogP contribution in [0.1, 0.15) is 18.2 Å². The average Bonchev–Trinajstić information content (AvgIpc) is 2.46. The minimum Gasteiger partial charge on any atom is -0.387 e. The van der Waals surface area contributed by atoms with E-state index in [-0.39, 0.29) is 0 Å². The Morgan fingerprint density at radius 3 is 2.58 bits per heavy atom. The van der Waals surface area contributed by atoms with Gasteiger partial charge in [0.25, 0.3) is 0 Å². The molecule has 1 heterocycles. The molecule has 2 rings (SSSR count). The number of pyridine rings is 1. The summed E-state index contributed by atoms with van der Waals surface area (Å²) in [5.41, 5.74) is 1.60. The van der Waals surface area contributed by atoms with Crippen molar-refractivity contribution < 1.29 is 9.50 Å². The summed E-state index contributed by atoms with van der Waals surface area (Å²) in [4.78, 5) is 5.95. The molecule has 0 aliphatic heterocycles. The number of aromatic nitrogens is 1. The highest BCUT2D eigenvalue weighted by Crippen LogP contribution is 2.17. The number of rotatable bonds is 5. The lowest BCUT2D eigenvalue weighted by Crippen LogP contribution is -2.20. The maximum atomic E-state index is 12.7. The van der Waals surface area contributed by atoms with E-state index in [0.717, 1.165) is 11.9 Å². The van der Waals surface area contributed by atoms with Crippen molar-refractivity contribution in [3.63, 3.8) is 0 Å². The van der Waals surface area contributed by atoms with Crippen LogP contribution in [-0.2, 0) is 0 Å². The number of hydrogen-bond donors (Lipinski definition) is 1. The molecule has 100 valence electrons. The maximum absolute atomic E-state index is 12.7. The van der Waals surface area contributed by atoms with Gasteiger partial charge in [-0.15, -0.1) is 0 Å². The molecule has 3 nitrogen and oxygen atoms in total. The molecule has 1 atom stereocenters. The summed E-state index contributed by atoms with van der Waals surface area (Å²) in [7, 11) is 1.97. The van der Waals surface area contributed by atoms with Gasteiger partial charge in [0, 0.05) is 19.3 Å². The molecule has 0 fully saturated rings. The molecular weight excluding hydrogens is 243 g/mol. The number of benzene rings is 1. The first kappa shape index (κ1) is 13.5. The molecule has 2 aromatic rings. The fourth-order valence-electron chi connectivity index (χ4n) is 1.86. The number of halogens is 1. The molecule has 19 heavy (non-hydrogen) atoms. The van der Waals surface area contributed by atoms with Crippen LogP contribution >= 0.6 is 0 Å². The largest absolute Gasteiger partial charge is 0.387 e. The molecule has 1 N–H and O–H groups in total. The van der Waals surface area contributed by atoms with E-state index in [4.69, 9.17) is 0 Å². The molecule has 0 saturated carbocycles. The summed E-state index contributed by atoms with van der Waals surface area (Å²) >= 11 is 0. The predicted molar refractivity (Wildman–Crippen MR) is 73.5 cm³/mol. The SMILES string of the molecule is CN(CCC(O)c1ccc(F)cn1)c1ccccc1. The number of nitrogens with zero attached hydrogens (tertiary/aromatic N) is 2. The zero-order chi connectivity index (χ0) is 13.7. The number of aliphatic hydroxyl groups is 1. The first-order chi connectivity index (χ1) is 9.16. The van der Waals surface area contributed by atoms with Crippen molar-refractivity contribution in [3.05, 3.63) is 60.2 Å². The van der Waals surface area contributed by atoms with E-state index < -0.39 is 11.9 Å². The highest BCUT2D eigenvalue weighted by atomic mass is 19.1. The predicted octanol–water partition coefficient (Wildman–Crippen LogP) is 2.78. The van der Waals surface area contributed by atoms with E-state index in [1.807, 2.05) is 37.4 Å². The first-order valence-corrected chi connectivity index (χ1v) is 6.22. The third-order valence-corrected chi connectivity index (χ3v) is 3.03. The molecule has 0 saturated heterocycles. The van der Waals surface area contributed by atoms with Crippen LogP contribution in [-0.4, -0.2) is 23.7 Å². The normalized spacial score (nSPS) is 12.2. The lowest BCUT2D eigenvalue weighted by atomic mass is 10.1. The van der Waals surface area contributed by atoms with E-state index in [1.54, 1.807) is 0 Å². The molecule has 4 heteroatoms. The van der Waals surface area contributed by atoms with Gasteiger partial charge in [0.1, 0.15) is 5.82 Å². The Kier molecular flexibility index (Phi) is 4.47. The van der Waals surface area contributed by atoms with Gasteiger partial charge >= 0.3 is 0 Å². The Labute approximate surface area is 112 Å². The monoisotopic (exact) mass is 260 g/mol. The molecule has 1 aromatic heterocycles. The van der Waals surface area contributed by atoms with Crippen molar-refractivity contribution in [3.8, 4) is 0 Å². The maximum Gasteiger partial charge on any atom is 0.141 e. The molecule has 0 bridgehead atoms. The van der Waals surface area contributed by atoms with Crippen molar-refractivity contribution >= 4 is 5.69 Å². The molecule has 1 unspecified atom stereocenters. The highest BCUT2D eigenvalue weighted by Gasteiger charge is 2.10. The van der Waals surface area contributed by atoms with Crippen LogP contribution in [0.25, 0.3) is 0 Å². The molecule has 0 aliphatic rings. The Balaban J connectivity index is 1.90. The van der Waals surface area contributed by atoms with Crippen LogP contribution in [0.15, 0.2) is 48.7 Å². The van der Waals surface area contributed by atoms with Crippen LogP contribution in [0.5, 0.6) is 0 Å². The van der Waals surface area contributed by atoms with Gasteiger partial charge in [-0.1, -0.05) is 18.2 Å².